The molecule has 2 aliphatic heterocycles. The highest BCUT2D eigenvalue weighted by atomic mass is 35.5. The molecule has 156 valence electrons. The van der Waals surface area contributed by atoms with Crippen LogP contribution in [0.3, 0.4) is 0 Å². The van der Waals surface area contributed by atoms with Crippen molar-refractivity contribution in [1.82, 2.24) is 15.1 Å². The van der Waals surface area contributed by atoms with E-state index in [0.717, 1.165) is 24.3 Å². The summed E-state index contributed by atoms with van der Waals surface area (Å²) in [5, 5.41) is 2.51. The van der Waals surface area contributed by atoms with E-state index in [1.54, 1.807) is 0 Å². The van der Waals surface area contributed by atoms with Gasteiger partial charge in [0.15, 0.2) is 0 Å². The van der Waals surface area contributed by atoms with Crippen LogP contribution in [0.15, 0.2) is 24.3 Å². The van der Waals surface area contributed by atoms with Crippen LogP contribution in [0.1, 0.15) is 22.3 Å². The minimum Gasteiger partial charge on any atom is -0.338 e. The predicted molar refractivity (Wildman–Crippen MR) is 92.5 cm³/mol. The second kappa shape index (κ2) is 8.20. The first-order valence-electron chi connectivity index (χ1n) is 8.43. The fourth-order valence-electron chi connectivity index (χ4n) is 3.22. The third kappa shape index (κ3) is 4.91. The first-order valence-corrected chi connectivity index (χ1v) is 8.43. The Balaban J connectivity index is 0.00000280. The van der Waals surface area contributed by atoms with Gasteiger partial charge in [-0.1, -0.05) is 0 Å². The lowest BCUT2D eigenvalue weighted by atomic mass is 10.1. The van der Waals surface area contributed by atoms with Crippen molar-refractivity contribution in [1.29, 1.82) is 0 Å². The lowest BCUT2D eigenvalue weighted by molar-refractivity contribution is -0.137. The van der Waals surface area contributed by atoms with Gasteiger partial charge in [-0.05, 0) is 24.3 Å². The van der Waals surface area contributed by atoms with E-state index in [1.807, 2.05) is 0 Å². The number of piperazine rings is 1. The molecule has 1 aromatic carbocycles. The molecule has 0 saturated carbocycles. The van der Waals surface area contributed by atoms with Gasteiger partial charge in [0.25, 0.3) is 11.8 Å². The minimum atomic E-state index is -4.47. The third-order valence-corrected chi connectivity index (χ3v) is 4.75. The molecule has 2 aliphatic rings. The summed E-state index contributed by atoms with van der Waals surface area (Å²) < 4.78 is 64.2. The molecule has 1 atom stereocenters. The van der Waals surface area contributed by atoms with Gasteiger partial charge in [-0.3, -0.25) is 14.9 Å². The van der Waals surface area contributed by atoms with Gasteiger partial charge in [0.05, 0.1) is 18.2 Å². The van der Waals surface area contributed by atoms with Gasteiger partial charge in [-0.2, -0.15) is 13.2 Å². The molecule has 1 unspecified atom stereocenters. The van der Waals surface area contributed by atoms with E-state index in [0.29, 0.717) is 0 Å². The maximum absolute atomic E-state index is 13.2. The normalized spacial score (nSPS) is 22.0. The highest BCUT2D eigenvalue weighted by molar-refractivity contribution is 5.94. The van der Waals surface area contributed by atoms with Gasteiger partial charge in [0, 0.05) is 38.2 Å². The minimum absolute atomic E-state index is 0. The topological polar surface area (TPSA) is 52.7 Å². The van der Waals surface area contributed by atoms with Crippen molar-refractivity contribution in [3.8, 4) is 0 Å². The summed E-state index contributed by atoms with van der Waals surface area (Å²) in [6.45, 7) is 0.225. The molecule has 3 rings (SSSR count). The van der Waals surface area contributed by atoms with Gasteiger partial charge >= 0.3 is 6.18 Å². The van der Waals surface area contributed by atoms with E-state index in [4.69, 9.17) is 0 Å². The Labute approximate surface area is 164 Å². The van der Waals surface area contributed by atoms with Crippen LogP contribution in [0.2, 0.25) is 0 Å². The van der Waals surface area contributed by atoms with Crippen LogP contribution < -0.4 is 5.32 Å². The molecule has 11 heteroatoms. The van der Waals surface area contributed by atoms with Crippen LogP contribution in [0.4, 0.5) is 22.0 Å². The van der Waals surface area contributed by atoms with Gasteiger partial charge in [0.1, 0.15) is 0 Å². The van der Waals surface area contributed by atoms with Crippen molar-refractivity contribution in [2.75, 3.05) is 32.7 Å². The lowest BCUT2D eigenvalue weighted by Gasteiger charge is -2.36. The number of benzene rings is 1. The van der Waals surface area contributed by atoms with E-state index in [2.05, 4.69) is 5.32 Å². The monoisotopic (exact) mass is 427 g/mol. The molecule has 2 fully saturated rings. The lowest BCUT2D eigenvalue weighted by Crippen LogP contribution is -2.54. The quantitative estimate of drug-likeness (QED) is 0.738. The maximum Gasteiger partial charge on any atom is 0.416 e. The second-order valence-corrected chi connectivity index (χ2v) is 6.69. The van der Waals surface area contributed by atoms with Crippen LogP contribution in [0, 0.1) is 0 Å². The number of nitrogens with one attached hydrogen (secondary N) is 1. The van der Waals surface area contributed by atoms with E-state index in [-0.39, 0.29) is 44.1 Å². The average Bonchev–Trinajstić information content (AvgIpc) is 3.00. The number of carbonyl (C=O) groups excluding carboxylic acids is 2. The molecule has 1 aromatic rings. The molecule has 0 aliphatic carbocycles. The standard InChI is InChI=1S/C17H18F5N3O2.ClH/c18-16(19)9-13(23-10-16)15(27)25-7-5-24(6-8-25)14(26)11-1-3-12(4-2-11)17(20,21)22;/h1-4,13,23H,5-10H2;1H. The molecule has 2 saturated heterocycles. The maximum atomic E-state index is 13.2. The van der Waals surface area contributed by atoms with Crippen LogP contribution in [-0.4, -0.2) is 66.3 Å². The van der Waals surface area contributed by atoms with Gasteiger partial charge in [-0.25, -0.2) is 8.78 Å². The molecule has 5 nitrogen and oxygen atoms in total. The van der Waals surface area contributed by atoms with Gasteiger partial charge in [0.2, 0.25) is 5.91 Å². The first-order chi connectivity index (χ1) is 12.6. The Morgan fingerprint density at radius 1 is 1.00 bits per heavy atom. The molecule has 0 aromatic heterocycles. The van der Waals surface area contributed by atoms with Crippen LogP contribution >= 0.6 is 12.4 Å². The molecule has 0 spiro atoms. The van der Waals surface area contributed by atoms with Crippen molar-refractivity contribution in [2.24, 2.45) is 0 Å². The Kier molecular flexibility index (Phi) is 6.55. The Hall–Kier alpha value is -1.94. The van der Waals surface area contributed by atoms with Gasteiger partial charge in [-0.15, -0.1) is 12.4 Å². The summed E-state index contributed by atoms with van der Waals surface area (Å²) in [6, 6.07) is 3.00. The number of hydrogen-bond donors (Lipinski definition) is 1. The SMILES string of the molecule is Cl.O=C(c1ccc(C(F)(F)F)cc1)N1CCN(C(=O)C2CC(F)(F)CN2)CC1. The molecule has 0 radical (unpaired) electrons. The van der Waals surface area contributed by atoms with E-state index in [1.165, 1.54) is 9.80 Å². The van der Waals surface area contributed by atoms with E-state index < -0.39 is 48.5 Å². The average molecular weight is 428 g/mol. The Morgan fingerprint density at radius 3 is 2.00 bits per heavy atom. The smallest absolute Gasteiger partial charge is 0.338 e. The molecule has 2 heterocycles. The Bertz CT molecular complexity index is 718. The van der Waals surface area contributed by atoms with E-state index in [9.17, 15) is 31.5 Å². The van der Waals surface area contributed by atoms with Crippen LogP contribution in [-0.2, 0) is 11.0 Å². The summed E-state index contributed by atoms with van der Waals surface area (Å²) in [4.78, 5) is 27.6. The number of halogens is 6. The predicted octanol–water partition coefficient (Wildman–Crippen LogP) is 2.41. The zero-order chi connectivity index (χ0) is 19.8. The second-order valence-electron chi connectivity index (χ2n) is 6.69. The van der Waals surface area contributed by atoms with Crippen molar-refractivity contribution in [2.45, 2.75) is 24.6 Å². The first kappa shape index (κ1) is 22.4. The fraction of sp³-hybridized carbons (Fsp3) is 0.529. The summed E-state index contributed by atoms with van der Waals surface area (Å²) in [5.41, 5.74) is -0.713. The summed E-state index contributed by atoms with van der Waals surface area (Å²) in [6.07, 6.45) is -5.02. The van der Waals surface area contributed by atoms with Crippen molar-refractivity contribution < 1.29 is 31.5 Å². The number of alkyl halides is 5. The van der Waals surface area contributed by atoms with Crippen LogP contribution in [0.25, 0.3) is 0 Å². The Morgan fingerprint density at radius 2 is 1.54 bits per heavy atom. The molecular formula is C17H19ClF5N3O2. The van der Waals surface area contributed by atoms with Crippen LogP contribution in [0.5, 0.6) is 0 Å². The fourth-order valence-corrected chi connectivity index (χ4v) is 3.22. The van der Waals surface area contributed by atoms with Crippen molar-refractivity contribution >= 4 is 24.2 Å². The van der Waals surface area contributed by atoms with Crippen molar-refractivity contribution in [3.05, 3.63) is 35.4 Å². The summed E-state index contributed by atoms with van der Waals surface area (Å²) in [5.74, 6) is -3.75. The number of carbonyl (C=O) groups is 2. The van der Waals surface area contributed by atoms with E-state index >= 15 is 0 Å². The van der Waals surface area contributed by atoms with Crippen molar-refractivity contribution in [3.63, 3.8) is 0 Å². The molecule has 2 amide bonds. The number of hydrogen-bond acceptors (Lipinski definition) is 3. The largest absolute Gasteiger partial charge is 0.416 e. The number of nitrogens with zero attached hydrogens (tertiary/aromatic N) is 2. The third-order valence-electron chi connectivity index (χ3n) is 4.75. The highest BCUT2D eigenvalue weighted by Crippen LogP contribution is 2.29. The molecule has 0 bridgehead atoms. The molecule has 28 heavy (non-hydrogen) atoms. The summed E-state index contributed by atoms with van der Waals surface area (Å²) in [7, 11) is 0. The zero-order valence-corrected chi connectivity index (χ0v) is 15.5. The zero-order valence-electron chi connectivity index (χ0n) is 14.6. The molecule has 1 N–H and O–H groups in total. The summed E-state index contributed by atoms with van der Waals surface area (Å²) >= 11 is 0. The molecular weight excluding hydrogens is 409 g/mol. The number of amides is 2. The number of rotatable bonds is 2. The highest BCUT2D eigenvalue weighted by Gasteiger charge is 2.44. The van der Waals surface area contributed by atoms with Gasteiger partial charge < -0.3 is 9.80 Å².